The summed E-state index contributed by atoms with van der Waals surface area (Å²) >= 11 is 0. The summed E-state index contributed by atoms with van der Waals surface area (Å²) in [5.74, 6) is -3.75. The van der Waals surface area contributed by atoms with Gasteiger partial charge >= 0.3 is 5.69 Å². The van der Waals surface area contributed by atoms with E-state index in [2.05, 4.69) is 0 Å². The molecule has 1 rings (SSSR count). The molecule has 0 saturated carbocycles. The molecule has 0 spiro atoms. The fraction of sp³-hybridized carbons (Fsp3) is 0.273. The number of nitrogens with zero attached hydrogens (tertiary/aromatic N) is 3. The molecule has 0 heterocycles. The summed E-state index contributed by atoms with van der Waals surface area (Å²) < 4.78 is 27.2. The van der Waals surface area contributed by atoms with E-state index in [4.69, 9.17) is 5.26 Å². The second kappa shape index (κ2) is 5.86. The lowest BCUT2D eigenvalue weighted by molar-refractivity contribution is -0.387. The number of nitriles is 1. The first-order valence-corrected chi connectivity index (χ1v) is 5.15. The van der Waals surface area contributed by atoms with E-state index in [1.807, 2.05) is 0 Å². The van der Waals surface area contributed by atoms with Gasteiger partial charge in [0.05, 0.1) is 17.4 Å². The molecule has 1 aromatic carbocycles. The van der Waals surface area contributed by atoms with Crippen LogP contribution >= 0.6 is 0 Å². The van der Waals surface area contributed by atoms with Crippen LogP contribution in [0.5, 0.6) is 0 Å². The summed E-state index contributed by atoms with van der Waals surface area (Å²) in [5, 5.41) is 18.9. The molecule has 0 aliphatic heterocycles. The zero-order valence-corrected chi connectivity index (χ0v) is 9.89. The van der Waals surface area contributed by atoms with Gasteiger partial charge in [-0.15, -0.1) is 0 Å². The van der Waals surface area contributed by atoms with Crippen LogP contribution in [0.4, 0.5) is 14.5 Å². The van der Waals surface area contributed by atoms with Gasteiger partial charge in [0, 0.05) is 19.7 Å². The maximum Gasteiger partial charge on any atom is 0.305 e. The van der Waals surface area contributed by atoms with E-state index in [0.717, 1.165) is 4.90 Å². The number of benzene rings is 1. The first-order chi connectivity index (χ1) is 8.90. The summed E-state index contributed by atoms with van der Waals surface area (Å²) in [6, 6.07) is 3.08. The molecule has 0 radical (unpaired) electrons. The van der Waals surface area contributed by atoms with Gasteiger partial charge in [0.15, 0.2) is 0 Å². The monoisotopic (exact) mass is 269 g/mol. The molecule has 0 aliphatic rings. The second-order valence-corrected chi connectivity index (χ2v) is 3.65. The van der Waals surface area contributed by atoms with Gasteiger partial charge in [-0.25, -0.2) is 4.39 Å². The van der Waals surface area contributed by atoms with E-state index >= 15 is 0 Å². The van der Waals surface area contributed by atoms with Crippen molar-refractivity contribution in [2.24, 2.45) is 0 Å². The Morgan fingerprint density at radius 2 is 2.16 bits per heavy atom. The SMILES string of the molecule is CN(CCC#N)C(=O)c1c(F)ccc([N+](=O)[O-])c1F. The van der Waals surface area contributed by atoms with Crippen molar-refractivity contribution in [1.29, 1.82) is 5.26 Å². The van der Waals surface area contributed by atoms with Gasteiger partial charge in [-0.05, 0) is 6.07 Å². The topological polar surface area (TPSA) is 87.2 Å². The summed E-state index contributed by atoms with van der Waals surface area (Å²) in [7, 11) is 1.25. The molecule has 8 heteroatoms. The summed E-state index contributed by atoms with van der Waals surface area (Å²) in [5.41, 5.74) is -1.96. The van der Waals surface area contributed by atoms with Crippen LogP contribution in [-0.4, -0.2) is 29.3 Å². The lowest BCUT2D eigenvalue weighted by atomic mass is 10.1. The predicted octanol–water partition coefficient (Wildman–Crippen LogP) is 1.86. The predicted molar refractivity (Wildman–Crippen MR) is 60.2 cm³/mol. The Morgan fingerprint density at radius 3 is 2.68 bits per heavy atom. The number of carbonyl (C=O) groups is 1. The minimum Gasteiger partial charge on any atom is -0.340 e. The Hall–Kier alpha value is -2.56. The van der Waals surface area contributed by atoms with Crippen LogP contribution in [0.1, 0.15) is 16.8 Å². The molecule has 0 aromatic heterocycles. The van der Waals surface area contributed by atoms with E-state index in [-0.39, 0.29) is 13.0 Å². The highest BCUT2D eigenvalue weighted by atomic mass is 19.1. The van der Waals surface area contributed by atoms with Gasteiger partial charge in [0.2, 0.25) is 5.82 Å². The largest absolute Gasteiger partial charge is 0.340 e. The number of halogens is 2. The molecule has 0 atom stereocenters. The Balaban J connectivity index is 3.19. The number of amides is 1. The quantitative estimate of drug-likeness (QED) is 0.616. The van der Waals surface area contributed by atoms with Crippen LogP contribution < -0.4 is 0 Å². The molecule has 0 N–H and O–H groups in total. The van der Waals surface area contributed by atoms with Crippen LogP contribution in [0.3, 0.4) is 0 Å². The zero-order valence-electron chi connectivity index (χ0n) is 9.89. The van der Waals surface area contributed by atoms with E-state index in [0.29, 0.717) is 12.1 Å². The molecule has 0 bridgehead atoms. The normalized spacial score (nSPS) is 9.79. The van der Waals surface area contributed by atoms with Crippen LogP contribution in [0.25, 0.3) is 0 Å². The Labute approximate surface area is 107 Å². The number of carbonyl (C=O) groups excluding carboxylic acids is 1. The summed E-state index contributed by atoms with van der Waals surface area (Å²) in [4.78, 5) is 22.2. The highest BCUT2D eigenvalue weighted by Gasteiger charge is 2.27. The molecular weight excluding hydrogens is 260 g/mol. The minimum absolute atomic E-state index is 0.0135. The Morgan fingerprint density at radius 1 is 1.53 bits per heavy atom. The van der Waals surface area contributed by atoms with Gasteiger partial charge in [0.25, 0.3) is 5.91 Å². The third-order valence-corrected chi connectivity index (χ3v) is 2.39. The van der Waals surface area contributed by atoms with Crippen molar-refractivity contribution in [2.75, 3.05) is 13.6 Å². The molecule has 0 aliphatic carbocycles. The molecule has 0 saturated heterocycles. The van der Waals surface area contributed by atoms with E-state index in [9.17, 15) is 23.7 Å². The fourth-order valence-electron chi connectivity index (χ4n) is 1.39. The third-order valence-electron chi connectivity index (χ3n) is 2.39. The van der Waals surface area contributed by atoms with Gasteiger partial charge in [0.1, 0.15) is 11.4 Å². The van der Waals surface area contributed by atoms with E-state index in [1.54, 1.807) is 6.07 Å². The maximum atomic E-state index is 13.7. The summed E-state index contributed by atoms with van der Waals surface area (Å²) in [6.45, 7) is -0.0308. The fourth-order valence-corrected chi connectivity index (χ4v) is 1.39. The van der Waals surface area contributed by atoms with Crippen molar-refractivity contribution in [3.05, 3.63) is 39.4 Å². The first-order valence-electron chi connectivity index (χ1n) is 5.15. The zero-order chi connectivity index (χ0) is 14.6. The smallest absolute Gasteiger partial charge is 0.305 e. The van der Waals surface area contributed by atoms with Crippen molar-refractivity contribution in [3.8, 4) is 6.07 Å². The molecule has 6 nitrogen and oxygen atoms in total. The van der Waals surface area contributed by atoms with Gasteiger partial charge < -0.3 is 4.90 Å². The summed E-state index contributed by atoms with van der Waals surface area (Å²) in [6.07, 6.45) is -0.0135. The van der Waals surface area contributed by atoms with E-state index < -0.39 is 33.7 Å². The Bertz CT molecular complexity index is 569. The van der Waals surface area contributed by atoms with Crippen molar-refractivity contribution in [1.82, 2.24) is 4.90 Å². The van der Waals surface area contributed by atoms with Gasteiger partial charge in [-0.3, -0.25) is 14.9 Å². The maximum absolute atomic E-state index is 13.7. The molecule has 100 valence electrons. The van der Waals surface area contributed by atoms with E-state index in [1.165, 1.54) is 7.05 Å². The molecule has 0 unspecified atom stereocenters. The lowest BCUT2D eigenvalue weighted by Crippen LogP contribution is -2.29. The third kappa shape index (κ3) is 3.01. The highest BCUT2D eigenvalue weighted by molar-refractivity contribution is 5.95. The highest BCUT2D eigenvalue weighted by Crippen LogP contribution is 2.24. The standard InChI is InChI=1S/C11H9F2N3O3/c1-15(6-2-5-14)11(17)9-7(12)3-4-8(10(9)13)16(18)19/h3-4H,2,6H2,1H3. The lowest BCUT2D eigenvalue weighted by Gasteiger charge is -2.16. The number of nitro groups is 1. The number of nitro benzene ring substituents is 1. The Kier molecular flexibility index (Phi) is 4.47. The molecule has 1 aromatic rings. The van der Waals surface area contributed by atoms with Crippen molar-refractivity contribution >= 4 is 11.6 Å². The minimum atomic E-state index is -1.51. The number of rotatable bonds is 4. The van der Waals surface area contributed by atoms with Gasteiger partial charge in [-0.2, -0.15) is 9.65 Å². The van der Waals surface area contributed by atoms with Crippen molar-refractivity contribution < 1.29 is 18.5 Å². The molecule has 19 heavy (non-hydrogen) atoms. The van der Waals surface area contributed by atoms with Crippen LogP contribution in [0.15, 0.2) is 12.1 Å². The second-order valence-electron chi connectivity index (χ2n) is 3.65. The van der Waals surface area contributed by atoms with Crippen LogP contribution in [0, 0.1) is 33.1 Å². The molecule has 0 fully saturated rings. The first kappa shape index (κ1) is 14.5. The molecule has 1 amide bonds. The van der Waals surface area contributed by atoms with Crippen LogP contribution in [-0.2, 0) is 0 Å². The number of hydrogen-bond donors (Lipinski definition) is 0. The van der Waals surface area contributed by atoms with Gasteiger partial charge in [-0.1, -0.05) is 0 Å². The average Bonchev–Trinajstić information content (AvgIpc) is 2.35. The van der Waals surface area contributed by atoms with Crippen molar-refractivity contribution in [3.63, 3.8) is 0 Å². The van der Waals surface area contributed by atoms with Crippen LogP contribution in [0.2, 0.25) is 0 Å². The van der Waals surface area contributed by atoms with Crippen molar-refractivity contribution in [2.45, 2.75) is 6.42 Å². The molecular formula is C11H9F2N3O3. The average molecular weight is 269 g/mol. The number of hydrogen-bond acceptors (Lipinski definition) is 4.